The Kier molecular flexibility index (Phi) is 10.1. The van der Waals surface area contributed by atoms with Gasteiger partial charge in [-0.3, -0.25) is 4.99 Å². The lowest BCUT2D eigenvalue weighted by atomic mass is 10.1. The highest BCUT2D eigenvalue weighted by atomic mass is 16.5. The molecule has 0 aliphatic carbocycles. The molecular weight excluding hydrogens is 354 g/mol. The molecule has 6 heteroatoms. The fourth-order valence-electron chi connectivity index (χ4n) is 2.96. The summed E-state index contributed by atoms with van der Waals surface area (Å²) in [6.07, 6.45) is 3.26. The van der Waals surface area contributed by atoms with Gasteiger partial charge in [-0.05, 0) is 44.7 Å². The highest BCUT2D eigenvalue weighted by molar-refractivity contribution is 5.79. The van der Waals surface area contributed by atoms with Gasteiger partial charge in [-0.2, -0.15) is 0 Å². The Hall–Kier alpha value is -1.79. The van der Waals surface area contributed by atoms with Crippen LogP contribution in [-0.2, 0) is 16.0 Å². The lowest BCUT2D eigenvalue weighted by molar-refractivity contribution is 0.0888. The van der Waals surface area contributed by atoms with Crippen molar-refractivity contribution in [1.82, 2.24) is 10.6 Å². The molecular formula is C22H37N3O3. The van der Waals surface area contributed by atoms with E-state index in [0.29, 0.717) is 12.5 Å². The van der Waals surface area contributed by atoms with E-state index in [0.717, 1.165) is 69.5 Å². The predicted molar refractivity (Wildman–Crippen MR) is 114 cm³/mol. The van der Waals surface area contributed by atoms with Gasteiger partial charge >= 0.3 is 0 Å². The Balaban J connectivity index is 1.69. The van der Waals surface area contributed by atoms with E-state index in [1.807, 2.05) is 0 Å². The minimum atomic E-state index is 0.203. The molecule has 6 nitrogen and oxygen atoms in total. The lowest BCUT2D eigenvalue weighted by Gasteiger charge is -2.18. The SMILES string of the molecule is CCC(C)Oc1cc(C)ccc1CNC(=NC)NCCCOCC1CCOC1. The number of ether oxygens (including phenoxy) is 3. The van der Waals surface area contributed by atoms with Crippen molar-refractivity contribution in [2.45, 2.75) is 52.7 Å². The van der Waals surface area contributed by atoms with Gasteiger partial charge in [0.1, 0.15) is 5.75 Å². The largest absolute Gasteiger partial charge is 0.490 e. The number of guanidine groups is 1. The summed E-state index contributed by atoms with van der Waals surface area (Å²) < 4.78 is 17.2. The van der Waals surface area contributed by atoms with Crippen LogP contribution < -0.4 is 15.4 Å². The van der Waals surface area contributed by atoms with Gasteiger partial charge in [0.15, 0.2) is 5.96 Å². The molecule has 1 aliphatic rings. The zero-order valence-electron chi connectivity index (χ0n) is 17.9. The van der Waals surface area contributed by atoms with Gasteiger partial charge in [-0.1, -0.05) is 19.1 Å². The maximum absolute atomic E-state index is 6.08. The van der Waals surface area contributed by atoms with E-state index in [2.05, 4.69) is 54.6 Å². The minimum Gasteiger partial charge on any atom is -0.490 e. The molecule has 0 aromatic heterocycles. The third-order valence-corrected chi connectivity index (χ3v) is 4.93. The Morgan fingerprint density at radius 2 is 2.21 bits per heavy atom. The Bertz CT molecular complexity index is 601. The first-order valence-electron chi connectivity index (χ1n) is 10.5. The minimum absolute atomic E-state index is 0.203. The molecule has 0 bridgehead atoms. The number of nitrogens with zero attached hydrogens (tertiary/aromatic N) is 1. The number of hydrogen-bond acceptors (Lipinski definition) is 4. The summed E-state index contributed by atoms with van der Waals surface area (Å²) in [4.78, 5) is 4.30. The monoisotopic (exact) mass is 391 g/mol. The van der Waals surface area contributed by atoms with Crippen LogP contribution in [0, 0.1) is 12.8 Å². The van der Waals surface area contributed by atoms with E-state index in [4.69, 9.17) is 14.2 Å². The van der Waals surface area contributed by atoms with E-state index in [1.54, 1.807) is 7.05 Å². The van der Waals surface area contributed by atoms with Gasteiger partial charge in [0.25, 0.3) is 0 Å². The molecule has 28 heavy (non-hydrogen) atoms. The number of nitrogens with one attached hydrogen (secondary N) is 2. The molecule has 2 rings (SSSR count). The normalized spacial score (nSPS) is 18.1. The number of benzene rings is 1. The van der Waals surface area contributed by atoms with E-state index >= 15 is 0 Å². The molecule has 158 valence electrons. The third-order valence-electron chi connectivity index (χ3n) is 4.93. The van der Waals surface area contributed by atoms with Crippen LogP contribution in [0.15, 0.2) is 23.2 Å². The first kappa shape index (κ1) is 22.5. The van der Waals surface area contributed by atoms with Crippen LogP contribution in [-0.4, -0.2) is 52.1 Å². The van der Waals surface area contributed by atoms with Gasteiger partial charge in [-0.15, -0.1) is 0 Å². The fraction of sp³-hybridized carbons (Fsp3) is 0.682. The molecule has 1 aliphatic heterocycles. The highest BCUT2D eigenvalue weighted by Gasteiger charge is 2.15. The maximum Gasteiger partial charge on any atom is 0.191 e. The summed E-state index contributed by atoms with van der Waals surface area (Å²) in [5.41, 5.74) is 2.34. The lowest BCUT2D eigenvalue weighted by Crippen LogP contribution is -2.37. The average Bonchev–Trinajstić information content (AvgIpc) is 3.21. The van der Waals surface area contributed by atoms with Crippen LogP contribution >= 0.6 is 0 Å². The first-order valence-corrected chi connectivity index (χ1v) is 10.5. The predicted octanol–water partition coefficient (Wildman–Crippen LogP) is 3.28. The summed E-state index contributed by atoms with van der Waals surface area (Å²) in [5.74, 6) is 2.31. The second-order valence-electron chi connectivity index (χ2n) is 7.46. The van der Waals surface area contributed by atoms with Gasteiger partial charge < -0.3 is 24.8 Å². The molecule has 1 aromatic carbocycles. The van der Waals surface area contributed by atoms with Crippen LogP contribution in [0.3, 0.4) is 0 Å². The highest BCUT2D eigenvalue weighted by Crippen LogP contribution is 2.22. The molecule has 0 saturated carbocycles. The van der Waals surface area contributed by atoms with Gasteiger partial charge in [0.05, 0.1) is 19.3 Å². The third kappa shape index (κ3) is 8.07. The molecule has 2 atom stereocenters. The number of rotatable bonds is 11. The zero-order valence-corrected chi connectivity index (χ0v) is 17.9. The number of hydrogen-bond donors (Lipinski definition) is 2. The topological polar surface area (TPSA) is 64.1 Å². The standard InChI is InChI=1S/C22H37N3O3/c1-5-18(3)28-21-13-17(2)7-8-20(21)14-25-22(23-4)24-10-6-11-26-15-19-9-12-27-16-19/h7-8,13,18-19H,5-6,9-12,14-16H2,1-4H3,(H2,23,24,25). The average molecular weight is 392 g/mol. The summed E-state index contributed by atoms with van der Waals surface area (Å²) in [6.45, 7) is 11.1. The van der Waals surface area contributed by atoms with Crippen molar-refractivity contribution in [1.29, 1.82) is 0 Å². The van der Waals surface area contributed by atoms with Crippen LogP contribution in [0.25, 0.3) is 0 Å². The van der Waals surface area contributed by atoms with E-state index in [1.165, 1.54) is 5.56 Å². The molecule has 1 fully saturated rings. The van der Waals surface area contributed by atoms with Crippen LogP contribution in [0.5, 0.6) is 5.75 Å². The summed E-state index contributed by atoms with van der Waals surface area (Å²) in [7, 11) is 1.79. The van der Waals surface area contributed by atoms with Crippen molar-refractivity contribution in [3.63, 3.8) is 0 Å². The molecule has 2 unspecified atom stereocenters. The Labute approximate surface area is 170 Å². The molecule has 1 aromatic rings. The second kappa shape index (κ2) is 12.6. The van der Waals surface area contributed by atoms with Crippen LogP contribution in [0.1, 0.15) is 44.2 Å². The van der Waals surface area contributed by atoms with Crippen LogP contribution in [0.4, 0.5) is 0 Å². The quantitative estimate of drug-likeness (QED) is 0.344. The van der Waals surface area contributed by atoms with Crippen molar-refractivity contribution in [3.8, 4) is 5.75 Å². The van der Waals surface area contributed by atoms with Crippen molar-refractivity contribution < 1.29 is 14.2 Å². The molecule has 1 heterocycles. The Morgan fingerprint density at radius 1 is 1.36 bits per heavy atom. The van der Waals surface area contributed by atoms with Gasteiger partial charge in [-0.25, -0.2) is 0 Å². The molecule has 0 radical (unpaired) electrons. The number of aliphatic imine (C=N–C) groups is 1. The summed E-state index contributed by atoms with van der Waals surface area (Å²) >= 11 is 0. The molecule has 0 spiro atoms. The van der Waals surface area contributed by atoms with Gasteiger partial charge in [0.2, 0.25) is 0 Å². The van der Waals surface area contributed by atoms with E-state index < -0.39 is 0 Å². The van der Waals surface area contributed by atoms with Gasteiger partial charge in [0, 0.05) is 44.8 Å². The van der Waals surface area contributed by atoms with E-state index in [-0.39, 0.29) is 6.10 Å². The summed E-state index contributed by atoms with van der Waals surface area (Å²) in [5, 5.41) is 6.72. The van der Waals surface area contributed by atoms with Crippen molar-refractivity contribution in [2.24, 2.45) is 10.9 Å². The van der Waals surface area contributed by atoms with E-state index in [9.17, 15) is 0 Å². The second-order valence-corrected chi connectivity index (χ2v) is 7.46. The van der Waals surface area contributed by atoms with Crippen molar-refractivity contribution in [2.75, 3.05) is 40.0 Å². The smallest absolute Gasteiger partial charge is 0.191 e. The number of aryl methyl sites for hydroxylation is 1. The first-order chi connectivity index (χ1) is 13.6. The zero-order chi connectivity index (χ0) is 20.2. The Morgan fingerprint density at radius 3 is 2.93 bits per heavy atom. The molecule has 0 amide bonds. The fourth-order valence-corrected chi connectivity index (χ4v) is 2.96. The molecule has 1 saturated heterocycles. The molecule has 2 N–H and O–H groups in total. The van der Waals surface area contributed by atoms with Crippen molar-refractivity contribution >= 4 is 5.96 Å². The van der Waals surface area contributed by atoms with Crippen LogP contribution in [0.2, 0.25) is 0 Å². The maximum atomic E-state index is 6.08. The van der Waals surface area contributed by atoms with Crippen molar-refractivity contribution in [3.05, 3.63) is 29.3 Å². The summed E-state index contributed by atoms with van der Waals surface area (Å²) in [6, 6.07) is 6.34.